The van der Waals surface area contributed by atoms with Gasteiger partial charge in [0, 0.05) is 36.9 Å². The number of fused-ring (bicyclic) bond motifs is 1. The van der Waals surface area contributed by atoms with Gasteiger partial charge in [0.05, 0.1) is 5.75 Å². The molecular formula is C21H24BrN3O5S. The number of nitrogens with zero attached hydrogens (tertiary/aromatic N) is 2. The Morgan fingerprint density at radius 2 is 1.84 bits per heavy atom. The molecule has 8 nitrogen and oxygen atoms in total. The molecule has 0 radical (unpaired) electrons. The van der Waals surface area contributed by atoms with Gasteiger partial charge in [0.25, 0.3) is 17.4 Å². The maximum Gasteiger partial charge on any atom is 0.271 e. The molecule has 0 atom stereocenters. The summed E-state index contributed by atoms with van der Waals surface area (Å²) in [5.41, 5.74) is 1.63. The van der Waals surface area contributed by atoms with Gasteiger partial charge in [-0.1, -0.05) is 29.8 Å². The van der Waals surface area contributed by atoms with Crippen LogP contribution in [0, 0.1) is 6.92 Å². The second-order valence-corrected chi connectivity index (χ2v) is 10.8. The third kappa shape index (κ3) is 5.62. The number of carbonyl (C=O) groups excluding carboxylic acids is 2. The summed E-state index contributed by atoms with van der Waals surface area (Å²) in [5, 5.41) is 2.75. The maximum absolute atomic E-state index is 12.9. The molecule has 31 heavy (non-hydrogen) atoms. The van der Waals surface area contributed by atoms with Gasteiger partial charge >= 0.3 is 0 Å². The van der Waals surface area contributed by atoms with Crippen LogP contribution < -0.4 is 10.9 Å². The highest BCUT2D eigenvalue weighted by atomic mass is 79.9. The molecule has 0 unspecified atom stereocenters. The monoisotopic (exact) mass is 509 g/mol. The second-order valence-electron chi connectivity index (χ2n) is 7.66. The number of amides is 2. The number of halogens is 1. The van der Waals surface area contributed by atoms with Crippen molar-refractivity contribution in [2.45, 2.75) is 26.4 Å². The van der Waals surface area contributed by atoms with E-state index in [1.165, 1.54) is 15.5 Å². The summed E-state index contributed by atoms with van der Waals surface area (Å²) in [6.07, 6.45) is 1.48. The number of hydrogen-bond donors (Lipinski definition) is 1. The van der Waals surface area contributed by atoms with E-state index in [0.717, 1.165) is 17.4 Å². The first kappa shape index (κ1) is 23.2. The first-order chi connectivity index (χ1) is 14.6. The minimum atomic E-state index is -3.11. The Balaban J connectivity index is 1.76. The summed E-state index contributed by atoms with van der Waals surface area (Å²) in [5.74, 6) is -0.884. The van der Waals surface area contributed by atoms with Crippen LogP contribution >= 0.6 is 15.9 Å². The fraction of sp³-hybridized carbons (Fsp3) is 0.381. The van der Waals surface area contributed by atoms with E-state index in [-0.39, 0.29) is 49.1 Å². The molecule has 1 aliphatic heterocycles. The zero-order chi connectivity index (χ0) is 22.8. The molecule has 1 N–H and O–H groups in total. The van der Waals surface area contributed by atoms with Crippen LogP contribution in [0.15, 0.2) is 39.6 Å². The van der Waals surface area contributed by atoms with Crippen LogP contribution in [0.4, 0.5) is 0 Å². The van der Waals surface area contributed by atoms with E-state index < -0.39 is 21.3 Å². The van der Waals surface area contributed by atoms with Crippen LogP contribution in [0.5, 0.6) is 0 Å². The van der Waals surface area contributed by atoms with Crippen LogP contribution in [0.1, 0.15) is 38.4 Å². The zero-order valence-electron chi connectivity index (χ0n) is 17.4. The Kier molecular flexibility index (Phi) is 7.00. The molecule has 1 aromatic carbocycles. The Morgan fingerprint density at radius 3 is 2.48 bits per heavy atom. The summed E-state index contributed by atoms with van der Waals surface area (Å²) in [7, 11) is -3.11. The van der Waals surface area contributed by atoms with E-state index in [9.17, 15) is 22.8 Å². The number of rotatable bonds is 7. The lowest BCUT2D eigenvalue weighted by Gasteiger charge is -2.30. The Bertz CT molecular complexity index is 1170. The minimum Gasteiger partial charge on any atom is -0.348 e. The number of hydrogen-bond acceptors (Lipinski definition) is 5. The zero-order valence-corrected chi connectivity index (χ0v) is 19.8. The molecular weight excluding hydrogens is 486 g/mol. The lowest BCUT2D eigenvalue weighted by atomic mass is 10.1. The van der Waals surface area contributed by atoms with Crippen molar-refractivity contribution in [3.8, 4) is 0 Å². The number of aryl methyl sites for hydroxylation is 1. The highest BCUT2D eigenvalue weighted by Gasteiger charge is 2.29. The summed E-state index contributed by atoms with van der Waals surface area (Å²) in [6.45, 7) is 3.05. The summed E-state index contributed by atoms with van der Waals surface area (Å²) in [6, 6.07) is 9.07. The number of aromatic nitrogens is 1. The van der Waals surface area contributed by atoms with E-state index >= 15 is 0 Å². The molecule has 2 aromatic rings. The molecule has 10 heteroatoms. The quantitative estimate of drug-likeness (QED) is 0.611. The molecule has 166 valence electrons. The van der Waals surface area contributed by atoms with Crippen molar-refractivity contribution in [1.82, 2.24) is 14.8 Å². The van der Waals surface area contributed by atoms with Crippen molar-refractivity contribution < 1.29 is 18.0 Å². The fourth-order valence-corrected chi connectivity index (χ4v) is 4.68. The van der Waals surface area contributed by atoms with Crippen molar-refractivity contribution in [1.29, 1.82) is 0 Å². The van der Waals surface area contributed by atoms with Gasteiger partial charge in [0.1, 0.15) is 21.1 Å². The van der Waals surface area contributed by atoms with Gasteiger partial charge < -0.3 is 14.8 Å². The highest BCUT2D eigenvalue weighted by molar-refractivity contribution is 9.10. The van der Waals surface area contributed by atoms with E-state index in [1.54, 1.807) is 0 Å². The van der Waals surface area contributed by atoms with Crippen molar-refractivity contribution in [2.24, 2.45) is 0 Å². The van der Waals surface area contributed by atoms with Crippen molar-refractivity contribution in [3.63, 3.8) is 0 Å². The van der Waals surface area contributed by atoms with E-state index in [4.69, 9.17) is 0 Å². The lowest BCUT2D eigenvalue weighted by molar-refractivity contribution is 0.0697. The molecule has 2 amide bonds. The number of sulfone groups is 1. The van der Waals surface area contributed by atoms with E-state index in [2.05, 4.69) is 21.2 Å². The number of nitrogens with one attached hydrogen (secondary N) is 1. The molecule has 0 bridgehead atoms. The predicted octanol–water partition coefficient (Wildman–Crippen LogP) is 1.74. The highest BCUT2D eigenvalue weighted by Crippen LogP contribution is 2.22. The Morgan fingerprint density at radius 1 is 1.16 bits per heavy atom. The minimum absolute atomic E-state index is 0.00908. The van der Waals surface area contributed by atoms with Gasteiger partial charge in [-0.15, -0.1) is 0 Å². The standard InChI is InChI=1S/C21H24BrN3O5S/c1-14-4-6-15(7-5-14)13-23-19(26)16-12-17(22)18-21(28)24(8-3-11-31(2,29)30)9-10-25(18)20(16)27/h4-7,12H,3,8-11,13H2,1-2H3,(H,23,26). The fourth-order valence-electron chi connectivity index (χ4n) is 3.41. The van der Waals surface area contributed by atoms with Gasteiger partial charge in [0.2, 0.25) is 0 Å². The molecule has 0 saturated carbocycles. The van der Waals surface area contributed by atoms with E-state index in [1.807, 2.05) is 31.2 Å². The van der Waals surface area contributed by atoms with Crippen LogP contribution in [0.3, 0.4) is 0 Å². The summed E-state index contributed by atoms with van der Waals surface area (Å²) < 4.78 is 24.3. The third-order valence-electron chi connectivity index (χ3n) is 5.09. The van der Waals surface area contributed by atoms with E-state index in [0.29, 0.717) is 10.9 Å². The first-order valence-corrected chi connectivity index (χ1v) is 12.7. The first-order valence-electron chi connectivity index (χ1n) is 9.81. The van der Waals surface area contributed by atoms with Crippen LogP contribution in [-0.2, 0) is 22.9 Å². The SMILES string of the molecule is Cc1ccc(CNC(=O)c2cc(Br)c3n(c2=O)CCN(CCCS(C)(=O)=O)C3=O)cc1. The summed E-state index contributed by atoms with van der Waals surface area (Å²) >= 11 is 3.32. The molecule has 3 rings (SSSR count). The molecule has 2 heterocycles. The average molecular weight is 510 g/mol. The van der Waals surface area contributed by atoms with Crippen molar-refractivity contribution in [3.05, 3.63) is 67.5 Å². The molecule has 0 fully saturated rings. The normalized spacial score (nSPS) is 13.8. The molecule has 0 aliphatic carbocycles. The topological polar surface area (TPSA) is 106 Å². The molecule has 1 aliphatic rings. The van der Waals surface area contributed by atoms with Gasteiger partial charge in [-0.05, 0) is 40.9 Å². The molecule has 0 spiro atoms. The molecule has 0 saturated heterocycles. The summed E-state index contributed by atoms with van der Waals surface area (Å²) in [4.78, 5) is 39.9. The Labute approximate surface area is 189 Å². The number of carbonyl (C=O) groups is 2. The Hall–Kier alpha value is -2.46. The van der Waals surface area contributed by atoms with Crippen LogP contribution in [0.25, 0.3) is 0 Å². The van der Waals surface area contributed by atoms with Gasteiger partial charge in [-0.3, -0.25) is 14.4 Å². The number of benzene rings is 1. The smallest absolute Gasteiger partial charge is 0.271 e. The predicted molar refractivity (Wildman–Crippen MR) is 121 cm³/mol. The molecule has 1 aromatic heterocycles. The third-order valence-corrected chi connectivity index (χ3v) is 6.72. The maximum atomic E-state index is 12.9. The van der Waals surface area contributed by atoms with Crippen molar-refractivity contribution in [2.75, 3.05) is 25.1 Å². The second kappa shape index (κ2) is 9.35. The number of pyridine rings is 1. The van der Waals surface area contributed by atoms with Crippen molar-refractivity contribution >= 4 is 37.6 Å². The van der Waals surface area contributed by atoms with Gasteiger partial charge in [-0.25, -0.2) is 8.42 Å². The average Bonchev–Trinajstić information content (AvgIpc) is 2.70. The van der Waals surface area contributed by atoms with Gasteiger partial charge in [-0.2, -0.15) is 0 Å². The van der Waals surface area contributed by atoms with Crippen LogP contribution in [-0.4, -0.2) is 54.8 Å². The largest absolute Gasteiger partial charge is 0.348 e. The van der Waals surface area contributed by atoms with Gasteiger partial charge in [0.15, 0.2) is 0 Å². The lowest BCUT2D eigenvalue weighted by Crippen LogP contribution is -2.46. The van der Waals surface area contributed by atoms with Crippen LogP contribution in [0.2, 0.25) is 0 Å².